The molecule has 0 spiro atoms. The van der Waals surface area contributed by atoms with Gasteiger partial charge in [0.05, 0.1) is 11.7 Å². The van der Waals surface area contributed by atoms with Crippen LogP contribution in [0, 0.1) is 5.41 Å². The van der Waals surface area contributed by atoms with Crippen molar-refractivity contribution in [2.45, 2.75) is 52.4 Å². The van der Waals surface area contributed by atoms with E-state index in [0.717, 1.165) is 30.6 Å². The van der Waals surface area contributed by atoms with Crippen LogP contribution in [0.15, 0.2) is 61.1 Å². The topological polar surface area (TPSA) is 82.2 Å². The van der Waals surface area contributed by atoms with Gasteiger partial charge >= 0.3 is 0 Å². The summed E-state index contributed by atoms with van der Waals surface area (Å²) in [7, 11) is 0. The molecule has 2 aromatic heterocycles. The van der Waals surface area contributed by atoms with Crippen LogP contribution in [0.4, 0.5) is 17.2 Å². The molecule has 1 aromatic carbocycles. The summed E-state index contributed by atoms with van der Waals surface area (Å²) in [5.74, 6) is 0.382. The number of nitrogens with zero attached hydrogens (tertiary/aromatic N) is 3. The van der Waals surface area contributed by atoms with Crippen LogP contribution in [-0.4, -0.2) is 34.6 Å². The van der Waals surface area contributed by atoms with Crippen molar-refractivity contribution >= 4 is 23.1 Å². The van der Waals surface area contributed by atoms with Crippen molar-refractivity contribution in [3.63, 3.8) is 0 Å². The summed E-state index contributed by atoms with van der Waals surface area (Å²) in [4.78, 5) is 24.2. The van der Waals surface area contributed by atoms with Gasteiger partial charge in [-0.1, -0.05) is 19.9 Å². The van der Waals surface area contributed by atoms with Gasteiger partial charge in [-0.3, -0.25) is 15.1 Å². The van der Waals surface area contributed by atoms with E-state index in [0.29, 0.717) is 24.0 Å². The molecule has 1 amide bonds. The normalized spacial score (nSPS) is 20.7. The van der Waals surface area contributed by atoms with Gasteiger partial charge in [0.15, 0.2) is 0 Å². The van der Waals surface area contributed by atoms with E-state index < -0.39 is 0 Å². The Balaban J connectivity index is 1.35. The monoisotopic (exact) mass is 456 g/mol. The van der Waals surface area contributed by atoms with Crippen molar-refractivity contribution < 1.29 is 4.79 Å². The number of hydrogen-bond donors (Lipinski definition) is 3. The van der Waals surface area contributed by atoms with Gasteiger partial charge < -0.3 is 15.5 Å². The lowest BCUT2D eigenvalue weighted by Gasteiger charge is -2.39. The lowest BCUT2D eigenvalue weighted by Crippen LogP contribution is -2.51. The molecular weight excluding hydrogens is 424 g/mol. The second-order valence-corrected chi connectivity index (χ2v) is 9.96. The summed E-state index contributed by atoms with van der Waals surface area (Å²) in [6, 6.07) is 14.1. The van der Waals surface area contributed by atoms with Crippen molar-refractivity contribution in [2.75, 3.05) is 22.1 Å². The molecular formula is C27H32N6O. The van der Waals surface area contributed by atoms with E-state index in [1.54, 1.807) is 30.7 Å². The van der Waals surface area contributed by atoms with E-state index >= 15 is 0 Å². The Kier molecular flexibility index (Phi) is 5.96. The molecule has 0 bridgehead atoms. The van der Waals surface area contributed by atoms with E-state index in [9.17, 15) is 4.79 Å². The molecule has 4 heterocycles. The van der Waals surface area contributed by atoms with Gasteiger partial charge in [-0.05, 0) is 79.3 Å². The fourth-order valence-corrected chi connectivity index (χ4v) is 5.14. The predicted molar refractivity (Wildman–Crippen MR) is 136 cm³/mol. The van der Waals surface area contributed by atoms with Crippen molar-refractivity contribution in [1.82, 2.24) is 15.3 Å². The number of fused-ring (bicyclic) bond motifs is 1. The lowest BCUT2D eigenvalue weighted by atomic mass is 9.88. The van der Waals surface area contributed by atoms with E-state index in [1.807, 2.05) is 18.2 Å². The molecule has 7 nitrogen and oxygen atoms in total. The van der Waals surface area contributed by atoms with Crippen LogP contribution in [0.5, 0.6) is 0 Å². The number of carbonyl (C=O) groups is 1. The zero-order valence-corrected chi connectivity index (χ0v) is 20.0. The van der Waals surface area contributed by atoms with Crippen LogP contribution in [0.1, 0.15) is 48.7 Å². The third-order valence-electron chi connectivity index (χ3n) is 7.00. The molecule has 3 N–H and O–H groups in total. The lowest BCUT2D eigenvalue weighted by molar-refractivity contribution is 0.102. The average Bonchev–Trinajstić information content (AvgIpc) is 3.35. The Hall–Kier alpha value is -3.45. The first-order valence-corrected chi connectivity index (χ1v) is 12.0. The number of hydrogen-bond acceptors (Lipinski definition) is 6. The smallest absolute Gasteiger partial charge is 0.259 e. The van der Waals surface area contributed by atoms with Gasteiger partial charge in [0.25, 0.3) is 5.91 Å². The van der Waals surface area contributed by atoms with E-state index in [1.165, 1.54) is 11.3 Å². The Morgan fingerprint density at radius 1 is 1.18 bits per heavy atom. The second-order valence-electron chi connectivity index (χ2n) is 9.96. The quantitative estimate of drug-likeness (QED) is 0.509. The Labute approximate surface area is 201 Å². The van der Waals surface area contributed by atoms with Gasteiger partial charge in [0, 0.05) is 42.6 Å². The molecule has 7 heteroatoms. The standard InChI is InChI=1S/C27H32N6O/c1-18-15-20-6-7-21(16-23(20)33(18)26-27(2,3)10-14-30-26)32-25(34)22-5-4-11-29-24(22)31-17-19-8-12-28-13-9-19/h4-9,11-13,16,18,26,30H,10,14-15,17H2,1-3H3,(H,29,31)(H,32,34). The highest BCUT2D eigenvalue weighted by molar-refractivity contribution is 6.07. The number of rotatable bonds is 6. The Morgan fingerprint density at radius 3 is 2.76 bits per heavy atom. The maximum atomic E-state index is 13.2. The molecule has 34 heavy (non-hydrogen) atoms. The minimum Gasteiger partial charge on any atom is -0.365 e. The first kappa shape index (κ1) is 22.3. The molecule has 2 unspecified atom stereocenters. The number of amides is 1. The molecule has 0 aliphatic carbocycles. The largest absolute Gasteiger partial charge is 0.365 e. The van der Waals surface area contributed by atoms with Crippen molar-refractivity contribution in [1.29, 1.82) is 0 Å². The SMILES string of the molecule is CC1Cc2ccc(NC(=O)c3cccnc3NCc3ccncc3)cc2N1C1NCCC1(C)C. The van der Waals surface area contributed by atoms with Crippen molar-refractivity contribution in [3.05, 3.63) is 77.7 Å². The molecule has 2 aliphatic heterocycles. The number of benzene rings is 1. The minimum absolute atomic E-state index is 0.179. The highest BCUT2D eigenvalue weighted by Crippen LogP contribution is 2.42. The maximum absolute atomic E-state index is 13.2. The van der Waals surface area contributed by atoms with Gasteiger partial charge in [0.2, 0.25) is 0 Å². The Morgan fingerprint density at radius 2 is 2.00 bits per heavy atom. The van der Waals surface area contributed by atoms with Crippen LogP contribution in [-0.2, 0) is 13.0 Å². The highest BCUT2D eigenvalue weighted by atomic mass is 16.1. The highest BCUT2D eigenvalue weighted by Gasteiger charge is 2.43. The van der Waals surface area contributed by atoms with Crippen molar-refractivity contribution in [3.8, 4) is 0 Å². The van der Waals surface area contributed by atoms with Gasteiger partial charge in [-0.25, -0.2) is 4.98 Å². The average molecular weight is 457 g/mol. The molecule has 1 fully saturated rings. The van der Waals surface area contributed by atoms with Gasteiger partial charge in [-0.2, -0.15) is 0 Å². The van der Waals surface area contributed by atoms with Crippen LogP contribution in [0.2, 0.25) is 0 Å². The van der Waals surface area contributed by atoms with Gasteiger partial charge in [-0.15, -0.1) is 0 Å². The van der Waals surface area contributed by atoms with E-state index in [2.05, 4.69) is 63.7 Å². The number of anilines is 3. The first-order chi connectivity index (χ1) is 16.4. The first-order valence-electron chi connectivity index (χ1n) is 12.0. The molecule has 176 valence electrons. The number of carbonyl (C=O) groups excluding carboxylic acids is 1. The number of nitrogens with one attached hydrogen (secondary N) is 3. The third-order valence-corrected chi connectivity index (χ3v) is 7.00. The summed E-state index contributed by atoms with van der Waals surface area (Å²) in [6.07, 6.45) is 7.66. The molecule has 3 aromatic rings. The fraction of sp³-hybridized carbons (Fsp3) is 0.370. The van der Waals surface area contributed by atoms with Gasteiger partial charge in [0.1, 0.15) is 5.82 Å². The number of aromatic nitrogens is 2. The minimum atomic E-state index is -0.179. The maximum Gasteiger partial charge on any atom is 0.259 e. The molecule has 2 atom stereocenters. The molecule has 1 saturated heterocycles. The zero-order chi connectivity index (χ0) is 23.7. The fourth-order valence-electron chi connectivity index (χ4n) is 5.14. The summed E-state index contributed by atoms with van der Waals surface area (Å²) < 4.78 is 0. The second kappa shape index (κ2) is 9.06. The summed E-state index contributed by atoms with van der Waals surface area (Å²) in [6.45, 7) is 8.54. The molecule has 0 saturated carbocycles. The predicted octanol–water partition coefficient (Wildman–Crippen LogP) is 4.44. The summed E-state index contributed by atoms with van der Waals surface area (Å²) in [5.41, 5.74) is 5.11. The van der Waals surface area contributed by atoms with Crippen LogP contribution < -0.4 is 20.9 Å². The van der Waals surface area contributed by atoms with E-state index in [4.69, 9.17) is 0 Å². The zero-order valence-electron chi connectivity index (χ0n) is 20.0. The molecule has 2 aliphatic rings. The Bertz CT molecular complexity index is 1180. The summed E-state index contributed by atoms with van der Waals surface area (Å²) in [5, 5.41) is 10.1. The van der Waals surface area contributed by atoms with E-state index in [-0.39, 0.29) is 17.5 Å². The van der Waals surface area contributed by atoms with Crippen LogP contribution in [0.25, 0.3) is 0 Å². The molecule has 0 radical (unpaired) electrons. The third kappa shape index (κ3) is 4.35. The van der Waals surface area contributed by atoms with Crippen molar-refractivity contribution in [2.24, 2.45) is 5.41 Å². The van der Waals surface area contributed by atoms with Crippen LogP contribution in [0.3, 0.4) is 0 Å². The molecule has 5 rings (SSSR count). The number of pyridine rings is 2. The van der Waals surface area contributed by atoms with Crippen LogP contribution >= 0.6 is 0 Å². The summed E-state index contributed by atoms with van der Waals surface area (Å²) >= 11 is 0.